The van der Waals surface area contributed by atoms with Crippen LogP contribution in [-0.4, -0.2) is 99.2 Å². The molecule has 306 valence electrons. The number of carbonyl (C=O) groups excluding carboxylic acids is 2. The number of benzene rings is 2. The molecule has 0 aliphatic carbocycles. The zero-order chi connectivity index (χ0) is 40.7. The number of anilines is 2. The molecular formula is C42H52N10O5S. The molecule has 16 heteroatoms. The third kappa shape index (κ3) is 8.09. The second-order valence-corrected chi connectivity index (χ2v) is 18.4. The molecule has 0 radical (unpaired) electrons. The van der Waals surface area contributed by atoms with Gasteiger partial charge in [-0.15, -0.1) is 0 Å². The van der Waals surface area contributed by atoms with Gasteiger partial charge < -0.3 is 10.2 Å². The van der Waals surface area contributed by atoms with E-state index in [2.05, 4.69) is 55.7 Å². The van der Waals surface area contributed by atoms with E-state index >= 15 is 0 Å². The van der Waals surface area contributed by atoms with Gasteiger partial charge in [0.25, 0.3) is 5.56 Å². The van der Waals surface area contributed by atoms with Gasteiger partial charge in [0, 0.05) is 74.8 Å². The number of hydrogen-bond donors (Lipinski definition) is 2. The summed E-state index contributed by atoms with van der Waals surface area (Å²) in [7, 11) is -1.78. The number of nitrogens with one attached hydrogen (secondary N) is 2. The molecule has 5 aromatic rings. The van der Waals surface area contributed by atoms with Gasteiger partial charge in [-0.2, -0.15) is 14.4 Å². The van der Waals surface area contributed by atoms with Crippen molar-refractivity contribution in [2.45, 2.75) is 82.2 Å². The predicted octanol–water partition coefficient (Wildman–Crippen LogP) is 5.03. The van der Waals surface area contributed by atoms with Crippen molar-refractivity contribution in [3.05, 3.63) is 82.3 Å². The first-order valence-corrected chi connectivity index (χ1v) is 21.8. The highest BCUT2D eigenvalue weighted by atomic mass is 32.2. The average Bonchev–Trinajstić information content (AvgIpc) is 3.53. The first kappa shape index (κ1) is 39.6. The lowest BCUT2D eigenvalue weighted by molar-refractivity contribution is -0.120. The standard InChI is InChI=1S/C42H52N10O5S/c1-27(2)52-38(54)11-9-32-25-43-41(46-39(32)52)44-33-14-19-50(20-15-33)58(56,57)34-7-5-6-29(23-34)22-28(3)26-49-17-12-30(13-18-49)31-8-10-35-36(24-31)48(4)47-40(35)51-21-16-37(53)45-42(51)55/h5-11,23-25,27-28,30,33H,12-22,26H2,1-4H3,(H,43,44,46)(H,45,53,55). The van der Waals surface area contributed by atoms with Crippen LogP contribution in [0.2, 0.25) is 0 Å². The highest BCUT2D eigenvalue weighted by Crippen LogP contribution is 2.34. The van der Waals surface area contributed by atoms with Gasteiger partial charge in [0.05, 0.1) is 10.4 Å². The fraction of sp³-hybridized carbons (Fsp3) is 0.476. The molecule has 0 spiro atoms. The van der Waals surface area contributed by atoms with Crippen molar-refractivity contribution in [1.82, 2.24) is 38.8 Å². The van der Waals surface area contributed by atoms with Crippen molar-refractivity contribution in [1.29, 1.82) is 0 Å². The van der Waals surface area contributed by atoms with Crippen molar-refractivity contribution in [2.24, 2.45) is 13.0 Å². The molecule has 1 atom stereocenters. The van der Waals surface area contributed by atoms with Gasteiger partial charge >= 0.3 is 6.03 Å². The van der Waals surface area contributed by atoms with Gasteiger partial charge in [-0.3, -0.25) is 29.1 Å². The van der Waals surface area contributed by atoms with Crippen LogP contribution in [-0.2, 0) is 28.3 Å². The Labute approximate surface area is 338 Å². The molecule has 3 amide bonds. The van der Waals surface area contributed by atoms with E-state index in [9.17, 15) is 22.8 Å². The summed E-state index contributed by atoms with van der Waals surface area (Å²) in [6.07, 6.45) is 6.05. The molecule has 0 bridgehead atoms. The van der Waals surface area contributed by atoms with Crippen LogP contribution in [0.25, 0.3) is 21.9 Å². The summed E-state index contributed by atoms with van der Waals surface area (Å²) in [4.78, 5) is 50.2. The minimum Gasteiger partial charge on any atom is -0.351 e. The molecule has 58 heavy (non-hydrogen) atoms. The van der Waals surface area contributed by atoms with Gasteiger partial charge in [0.2, 0.25) is 21.9 Å². The van der Waals surface area contributed by atoms with E-state index in [1.807, 2.05) is 43.8 Å². The maximum Gasteiger partial charge on any atom is 0.329 e. The number of sulfonamides is 1. The Balaban J connectivity index is 0.831. The lowest BCUT2D eigenvalue weighted by Crippen LogP contribution is -2.49. The average molecular weight is 809 g/mol. The van der Waals surface area contributed by atoms with E-state index < -0.39 is 16.1 Å². The number of pyridine rings is 1. The Morgan fingerprint density at radius 1 is 0.914 bits per heavy atom. The summed E-state index contributed by atoms with van der Waals surface area (Å²) in [5.74, 6) is 1.51. The van der Waals surface area contributed by atoms with E-state index in [0.717, 1.165) is 60.7 Å². The number of aromatic nitrogens is 5. The molecule has 1 unspecified atom stereocenters. The van der Waals surface area contributed by atoms with Crippen molar-refractivity contribution in [3.63, 3.8) is 0 Å². The number of imide groups is 1. The summed E-state index contributed by atoms with van der Waals surface area (Å²) in [6, 6.07) is 16.6. The minimum absolute atomic E-state index is 0.00670. The Kier molecular flexibility index (Phi) is 11.1. The quantitative estimate of drug-likeness (QED) is 0.185. The lowest BCUT2D eigenvalue weighted by Gasteiger charge is -2.34. The van der Waals surface area contributed by atoms with E-state index in [0.29, 0.717) is 66.6 Å². The van der Waals surface area contributed by atoms with Crippen LogP contribution in [0.5, 0.6) is 0 Å². The molecular weight excluding hydrogens is 757 g/mol. The Morgan fingerprint density at radius 2 is 1.69 bits per heavy atom. The summed E-state index contributed by atoms with van der Waals surface area (Å²) in [6.45, 7) is 10.1. The Morgan fingerprint density at radius 3 is 2.43 bits per heavy atom. The maximum absolute atomic E-state index is 13.8. The summed E-state index contributed by atoms with van der Waals surface area (Å²) < 4.78 is 32.7. The van der Waals surface area contributed by atoms with Crippen LogP contribution < -0.4 is 21.1 Å². The van der Waals surface area contributed by atoms with E-state index in [-0.39, 0.29) is 30.0 Å². The van der Waals surface area contributed by atoms with Crippen LogP contribution in [0.3, 0.4) is 0 Å². The molecule has 6 heterocycles. The zero-order valence-corrected chi connectivity index (χ0v) is 34.4. The maximum atomic E-state index is 13.8. The summed E-state index contributed by atoms with van der Waals surface area (Å²) in [5.41, 5.74) is 3.73. The molecule has 15 nitrogen and oxygen atoms in total. The number of aryl methyl sites for hydroxylation is 1. The topological polar surface area (TPSA) is 168 Å². The van der Waals surface area contributed by atoms with Crippen molar-refractivity contribution >= 4 is 55.7 Å². The number of hydrogen-bond acceptors (Lipinski definition) is 10. The highest BCUT2D eigenvalue weighted by Gasteiger charge is 2.31. The first-order valence-electron chi connectivity index (χ1n) is 20.4. The van der Waals surface area contributed by atoms with Crippen molar-refractivity contribution in [2.75, 3.05) is 49.5 Å². The van der Waals surface area contributed by atoms with Gasteiger partial charge in [-0.25, -0.2) is 18.2 Å². The molecule has 0 saturated carbocycles. The number of carbonyl (C=O) groups is 2. The van der Waals surface area contributed by atoms with Crippen LogP contribution >= 0.6 is 0 Å². The summed E-state index contributed by atoms with van der Waals surface area (Å²) >= 11 is 0. The van der Waals surface area contributed by atoms with E-state index in [1.54, 1.807) is 32.1 Å². The zero-order valence-electron chi connectivity index (χ0n) is 33.6. The minimum atomic E-state index is -3.66. The molecule has 3 aromatic heterocycles. The summed E-state index contributed by atoms with van der Waals surface area (Å²) in [5, 5.41) is 12.1. The van der Waals surface area contributed by atoms with Crippen LogP contribution in [0, 0.1) is 5.92 Å². The number of fused-ring (bicyclic) bond motifs is 2. The normalized spacial score (nSPS) is 18.7. The van der Waals surface area contributed by atoms with Gasteiger partial charge in [0.1, 0.15) is 5.65 Å². The van der Waals surface area contributed by atoms with Crippen molar-refractivity contribution < 1.29 is 18.0 Å². The SMILES string of the molecule is CC(Cc1cccc(S(=O)(=O)N2CCC(Nc3ncc4ccc(=O)n(C(C)C)c4n3)CC2)c1)CN1CCC(c2ccc3c(N4CCC(=O)NC4=O)nn(C)c3c2)CC1. The molecule has 8 rings (SSSR count). The molecule has 2 aromatic carbocycles. The molecule has 3 aliphatic rings. The number of piperidine rings is 2. The van der Waals surface area contributed by atoms with Gasteiger partial charge in [0.15, 0.2) is 5.82 Å². The smallest absolute Gasteiger partial charge is 0.329 e. The number of amides is 3. The predicted molar refractivity (Wildman–Crippen MR) is 224 cm³/mol. The van der Waals surface area contributed by atoms with Crippen LogP contribution in [0.15, 0.2) is 70.5 Å². The van der Waals surface area contributed by atoms with E-state index in [1.165, 1.54) is 11.6 Å². The van der Waals surface area contributed by atoms with Crippen molar-refractivity contribution in [3.8, 4) is 0 Å². The van der Waals surface area contributed by atoms with Gasteiger partial charge in [-0.05, 0) is 112 Å². The number of likely N-dealkylation sites (tertiary alicyclic amines) is 1. The molecule has 2 N–H and O–H groups in total. The molecule has 3 saturated heterocycles. The third-order valence-corrected chi connectivity index (χ3v) is 13.8. The van der Waals surface area contributed by atoms with Crippen LogP contribution in [0.1, 0.15) is 76.0 Å². The molecule has 3 aliphatic heterocycles. The Bertz CT molecular complexity index is 2520. The third-order valence-electron chi connectivity index (χ3n) is 11.9. The number of nitrogens with zero attached hydrogens (tertiary/aromatic N) is 8. The first-order chi connectivity index (χ1) is 27.8. The second-order valence-electron chi connectivity index (χ2n) is 16.4. The Hall–Kier alpha value is -5.19. The number of urea groups is 1. The van der Waals surface area contributed by atoms with E-state index in [4.69, 9.17) is 0 Å². The fourth-order valence-corrected chi connectivity index (χ4v) is 10.4. The lowest BCUT2D eigenvalue weighted by atomic mass is 9.88. The highest BCUT2D eigenvalue weighted by molar-refractivity contribution is 7.89. The largest absolute Gasteiger partial charge is 0.351 e. The number of rotatable bonds is 11. The van der Waals surface area contributed by atoms with Gasteiger partial charge in [-0.1, -0.05) is 25.1 Å². The second kappa shape index (κ2) is 16.2. The fourth-order valence-electron chi connectivity index (χ4n) is 8.84. The molecule has 3 fully saturated rings. The monoisotopic (exact) mass is 808 g/mol. The van der Waals surface area contributed by atoms with Crippen LogP contribution in [0.4, 0.5) is 16.6 Å².